The van der Waals surface area contributed by atoms with Crippen LogP contribution in [0.25, 0.3) is 0 Å². The quantitative estimate of drug-likeness (QED) is 0.800. The summed E-state index contributed by atoms with van der Waals surface area (Å²) in [5.41, 5.74) is 6.42. The molecule has 1 fully saturated rings. The fourth-order valence-electron chi connectivity index (χ4n) is 2.18. The van der Waals surface area contributed by atoms with Gasteiger partial charge in [0, 0.05) is 19.7 Å². The van der Waals surface area contributed by atoms with Crippen LogP contribution in [0, 0.1) is 18.8 Å². The molecule has 1 saturated heterocycles. The Hall–Kier alpha value is -1.35. The molecule has 0 aliphatic carbocycles. The van der Waals surface area contributed by atoms with E-state index in [1.54, 1.807) is 0 Å². The van der Waals surface area contributed by atoms with E-state index >= 15 is 0 Å². The van der Waals surface area contributed by atoms with Gasteiger partial charge in [-0.3, -0.25) is 4.79 Å². The normalized spacial score (nSPS) is 19.1. The molecule has 1 aliphatic heterocycles. The number of nitrogens with zero attached hydrogens (tertiary/aromatic N) is 1. The maximum Gasteiger partial charge on any atom is 0.264 e. The third-order valence-corrected chi connectivity index (χ3v) is 4.31. The fraction of sp³-hybridized carbons (Fsp3) is 0.533. The third kappa shape index (κ3) is 3.60. The van der Waals surface area contributed by atoms with Crippen molar-refractivity contribution in [3.63, 3.8) is 0 Å². The highest BCUT2D eigenvalue weighted by atomic mass is 32.1. The molecule has 0 radical (unpaired) electrons. The number of carbonyl (C=O) groups excluding carboxylic acids is 1. The number of hydrogen-bond acceptors (Lipinski definition) is 4. The summed E-state index contributed by atoms with van der Waals surface area (Å²) in [7, 11) is 0. The maximum absolute atomic E-state index is 12.5. The molecular weight excluding hydrogens is 272 g/mol. The largest absolute Gasteiger partial charge is 0.377 e. The van der Waals surface area contributed by atoms with Crippen molar-refractivity contribution in [2.24, 2.45) is 5.73 Å². The Bertz CT molecular complexity index is 542. The van der Waals surface area contributed by atoms with Crippen molar-refractivity contribution in [2.45, 2.75) is 26.4 Å². The Balaban J connectivity index is 2.16. The van der Waals surface area contributed by atoms with Gasteiger partial charge in [0.1, 0.15) is 0 Å². The predicted molar refractivity (Wildman–Crippen MR) is 80.9 cm³/mol. The minimum atomic E-state index is 0.0799. The van der Waals surface area contributed by atoms with Gasteiger partial charge in [0.05, 0.1) is 22.4 Å². The molecule has 0 spiro atoms. The number of nitrogens with two attached hydrogens (primary N) is 1. The lowest BCUT2D eigenvalue weighted by molar-refractivity contribution is 0.0565. The van der Waals surface area contributed by atoms with Crippen molar-refractivity contribution >= 4 is 17.2 Å². The van der Waals surface area contributed by atoms with Crippen molar-refractivity contribution in [3.05, 3.63) is 21.4 Å². The Morgan fingerprint density at radius 1 is 1.65 bits per heavy atom. The second-order valence-corrected chi connectivity index (χ2v) is 5.97. The molecule has 1 aromatic heterocycles. The zero-order valence-electron chi connectivity index (χ0n) is 11.9. The molecule has 1 atom stereocenters. The highest BCUT2D eigenvalue weighted by Gasteiger charge is 2.22. The second-order valence-electron chi connectivity index (χ2n) is 4.91. The van der Waals surface area contributed by atoms with E-state index in [0.717, 1.165) is 34.9 Å². The van der Waals surface area contributed by atoms with Crippen molar-refractivity contribution < 1.29 is 9.53 Å². The van der Waals surface area contributed by atoms with Gasteiger partial charge in [0.25, 0.3) is 5.91 Å². The zero-order chi connectivity index (χ0) is 14.5. The zero-order valence-corrected chi connectivity index (χ0v) is 12.8. The van der Waals surface area contributed by atoms with Crippen molar-refractivity contribution in [1.82, 2.24) is 4.90 Å². The first-order valence-electron chi connectivity index (χ1n) is 6.82. The molecule has 20 heavy (non-hydrogen) atoms. The van der Waals surface area contributed by atoms with Crippen LogP contribution in [0.4, 0.5) is 0 Å². The molecule has 0 saturated carbocycles. The lowest BCUT2D eigenvalue weighted by Gasteiger charge is -2.21. The van der Waals surface area contributed by atoms with Gasteiger partial charge in [-0.25, -0.2) is 0 Å². The van der Waals surface area contributed by atoms with Crippen LogP contribution in [0.2, 0.25) is 0 Å². The number of rotatable bonds is 1. The highest BCUT2D eigenvalue weighted by Crippen LogP contribution is 2.23. The van der Waals surface area contributed by atoms with E-state index in [1.807, 2.05) is 24.8 Å². The van der Waals surface area contributed by atoms with Gasteiger partial charge < -0.3 is 15.4 Å². The molecule has 4 nitrogen and oxygen atoms in total. The van der Waals surface area contributed by atoms with Gasteiger partial charge in [-0.1, -0.05) is 11.8 Å². The summed E-state index contributed by atoms with van der Waals surface area (Å²) in [6.45, 7) is 6.44. The van der Waals surface area contributed by atoms with Crippen molar-refractivity contribution in [2.75, 3.05) is 26.2 Å². The van der Waals surface area contributed by atoms with Gasteiger partial charge in [0.15, 0.2) is 0 Å². The first kappa shape index (κ1) is 15.0. The molecule has 1 aromatic rings. The van der Waals surface area contributed by atoms with Crippen LogP contribution in [-0.4, -0.2) is 43.2 Å². The van der Waals surface area contributed by atoms with Crippen LogP contribution in [0.15, 0.2) is 6.07 Å². The summed E-state index contributed by atoms with van der Waals surface area (Å²) < 4.78 is 5.57. The van der Waals surface area contributed by atoms with Crippen LogP contribution in [-0.2, 0) is 4.74 Å². The molecule has 0 aromatic carbocycles. The topological polar surface area (TPSA) is 55.6 Å². The molecule has 2 heterocycles. The highest BCUT2D eigenvalue weighted by molar-refractivity contribution is 7.14. The van der Waals surface area contributed by atoms with Crippen LogP contribution >= 0.6 is 11.3 Å². The summed E-state index contributed by atoms with van der Waals surface area (Å²) in [6, 6.07) is 1.92. The van der Waals surface area contributed by atoms with E-state index in [9.17, 15) is 4.79 Å². The molecule has 108 valence electrons. The average Bonchev–Trinajstić information content (AvgIpc) is 2.65. The average molecular weight is 292 g/mol. The third-order valence-electron chi connectivity index (χ3n) is 3.17. The van der Waals surface area contributed by atoms with E-state index in [-0.39, 0.29) is 12.0 Å². The van der Waals surface area contributed by atoms with Crippen molar-refractivity contribution in [3.8, 4) is 11.8 Å². The molecule has 1 amide bonds. The Labute approximate surface area is 123 Å². The lowest BCUT2D eigenvalue weighted by Crippen LogP contribution is -2.35. The van der Waals surface area contributed by atoms with Crippen LogP contribution < -0.4 is 5.73 Å². The van der Waals surface area contributed by atoms with E-state index < -0.39 is 0 Å². The number of carbonyl (C=O) groups is 1. The van der Waals surface area contributed by atoms with Gasteiger partial charge in [-0.15, -0.1) is 11.3 Å². The molecule has 2 N–H and O–H groups in total. The summed E-state index contributed by atoms with van der Waals surface area (Å²) in [5.74, 6) is 5.94. The molecule has 5 heteroatoms. The summed E-state index contributed by atoms with van der Waals surface area (Å²) in [6.07, 6.45) is 0.985. The van der Waals surface area contributed by atoms with Gasteiger partial charge in [-0.2, -0.15) is 0 Å². The Morgan fingerprint density at radius 3 is 3.20 bits per heavy atom. The lowest BCUT2D eigenvalue weighted by atomic mass is 10.2. The van der Waals surface area contributed by atoms with Gasteiger partial charge >= 0.3 is 0 Å². The standard InChI is InChI=1S/C15H20N2O2S/c1-11-9-14(20-13(11)5-3-6-16)15(18)17-7-4-8-19-12(2)10-17/h9,12H,4,6-8,10,16H2,1-2H3. The smallest absolute Gasteiger partial charge is 0.264 e. The van der Waals surface area contributed by atoms with E-state index in [0.29, 0.717) is 13.1 Å². The van der Waals surface area contributed by atoms with Gasteiger partial charge in [-0.05, 0) is 31.9 Å². The fourth-order valence-corrected chi connectivity index (χ4v) is 3.19. The number of hydrogen-bond donors (Lipinski definition) is 1. The van der Waals surface area contributed by atoms with Gasteiger partial charge in [0.2, 0.25) is 0 Å². The predicted octanol–water partition coefficient (Wildman–Crippen LogP) is 1.62. The van der Waals surface area contributed by atoms with E-state index in [1.165, 1.54) is 11.3 Å². The summed E-state index contributed by atoms with van der Waals surface area (Å²) in [5, 5.41) is 0. The number of ether oxygens (including phenoxy) is 1. The minimum absolute atomic E-state index is 0.0799. The Morgan fingerprint density at radius 2 is 2.45 bits per heavy atom. The van der Waals surface area contributed by atoms with E-state index in [2.05, 4.69) is 11.8 Å². The molecular formula is C15H20N2O2S. The Kier molecular flexibility index (Phi) is 5.18. The molecule has 2 rings (SSSR count). The minimum Gasteiger partial charge on any atom is -0.377 e. The summed E-state index contributed by atoms with van der Waals surface area (Å²) in [4.78, 5) is 16.1. The van der Waals surface area contributed by atoms with E-state index in [4.69, 9.17) is 10.5 Å². The monoisotopic (exact) mass is 292 g/mol. The van der Waals surface area contributed by atoms with Crippen LogP contribution in [0.5, 0.6) is 0 Å². The second kappa shape index (κ2) is 6.89. The summed E-state index contributed by atoms with van der Waals surface area (Å²) >= 11 is 1.45. The number of aryl methyl sites for hydroxylation is 1. The SMILES string of the molecule is Cc1cc(C(=O)N2CCCOC(C)C2)sc1C#CCN. The van der Waals surface area contributed by atoms with Crippen molar-refractivity contribution in [1.29, 1.82) is 0 Å². The molecule has 1 unspecified atom stereocenters. The molecule has 1 aliphatic rings. The molecule has 0 bridgehead atoms. The van der Waals surface area contributed by atoms with Crippen LogP contribution in [0.3, 0.4) is 0 Å². The van der Waals surface area contributed by atoms with Crippen LogP contribution in [0.1, 0.15) is 33.5 Å². The first-order valence-corrected chi connectivity index (χ1v) is 7.63. The maximum atomic E-state index is 12.5. The first-order chi connectivity index (χ1) is 9.61. The number of thiophene rings is 1. The number of amides is 1.